The van der Waals surface area contributed by atoms with Crippen LogP contribution < -0.4 is 10.5 Å². The number of nitrogen functional groups attached to an aromatic ring is 1. The van der Waals surface area contributed by atoms with E-state index in [4.69, 9.17) is 10.5 Å². The summed E-state index contributed by atoms with van der Waals surface area (Å²) in [6.07, 6.45) is 1.39. The van der Waals surface area contributed by atoms with Gasteiger partial charge >= 0.3 is 6.01 Å². The van der Waals surface area contributed by atoms with Gasteiger partial charge in [-0.2, -0.15) is 4.98 Å². The van der Waals surface area contributed by atoms with E-state index in [1.807, 2.05) is 30.3 Å². The van der Waals surface area contributed by atoms with Gasteiger partial charge in [0, 0.05) is 17.8 Å². The highest BCUT2D eigenvalue weighted by molar-refractivity contribution is 5.44. The number of aromatic nitrogens is 3. The minimum Gasteiger partial charge on any atom is -0.417 e. The smallest absolute Gasteiger partial charge is 0.341 e. The Bertz CT molecular complexity index is 751. The third-order valence-electron chi connectivity index (χ3n) is 2.71. The fourth-order valence-corrected chi connectivity index (χ4v) is 1.77. The minimum atomic E-state index is -0.913. The SMILES string of the molecule is Nc1cc(F)c(Oc2ncn(-c3ccccc3)n2)c(F)c1. The summed E-state index contributed by atoms with van der Waals surface area (Å²) in [5, 5.41) is 4.00. The van der Waals surface area contributed by atoms with Gasteiger partial charge in [-0.15, -0.1) is 5.10 Å². The number of anilines is 1. The Morgan fingerprint density at radius 1 is 1.05 bits per heavy atom. The van der Waals surface area contributed by atoms with Gasteiger partial charge in [0.2, 0.25) is 5.75 Å². The van der Waals surface area contributed by atoms with E-state index in [-0.39, 0.29) is 11.7 Å². The van der Waals surface area contributed by atoms with E-state index in [1.54, 1.807) is 0 Å². The molecule has 0 aliphatic rings. The third kappa shape index (κ3) is 2.66. The van der Waals surface area contributed by atoms with Crippen molar-refractivity contribution >= 4 is 5.69 Å². The summed E-state index contributed by atoms with van der Waals surface area (Å²) in [6.45, 7) is 0. The van der Waals surface area contributed by atoms with E-state index >= 15 is 0 Å². The van der Waals surface area contributed by atoms with E-state index in [0.717, 1.165) is 17.8 Å². The van der Waals surface area contributed by atoms with Crippen molar-refractivity contribution in [1.82, 2.24) is 14.8 Å². The van der Waals surface area contributed by atoms with Crippen molar-refractivity contribution in [2.45, 2.75) is 0 Å². The van der Waals surface area contributed by atoms with Crippen LogP contribution in [0.1, 0.15) is 0 Å². The van der Waals surface area contributed by atoms with Crippen molar-refractivity contribution in [2.24, 2.45) is 0 Å². The van der Waals surface area contributed by atoms with Gasteiger partial charge in [-0.3, -0.25) is 0 Å². The largest absolute Gasteiger partial charge is 0.417 e. The zero-order chi connectivity index (χ0) is 14.8. The fourth-order valence-electron chi connectivity index (χ4n) is 1.77. The second-order valence-electron chi connectivity index (χ2n) is 4.22. The Kier molecular flexibility index (Phi) is 3.23. The molecule has 3 aromatic rings. The fraction of sp³-hybridized carbons (Fsp3) is 0. The van der Waals surface area contributed by atoms with E-state index < -0.39 is 17.4 Å². The van der Waals surface area contributed by atoms with Crippen LogP contribution in [0.3, 0.4) is 0 Å². The van der Waals surface area contributed by atoms with E-state index in [0.29, 0.717) is 0 Å². The maximum atomic E-state index is 13.6. The zero-order valence-electron chi connectivity index (χ0n) is 10.7. The molecule has 0 bridgehead atoms. The first-order valence-electron chi connectivity index (χ1n) is 6.03. The molecule has 0 aliphatic carbocycles. The predicted molar refractivity (Wildman–Crippen MR) is 72.2 cm³/mol. The summed E-state index contributed by atoms with van der Waals surface area (Å²) in [4.78, 5) is 3.86. The molecule has 3 rings (SSSR count). The molecule has 5 nitrogen and oxygen atoms in total. The molecule has 0 saturated carbocycles. The van der Waals surface area contributed by atoms with Gasteiger partial charge in [-0.05, 0) is 12.1 Å². The first-order chi connectivity index (χ1) is 10.1. The number of nitrogens with zero attached hydrogens (tertiary/aromatic N) is 3. The van der Waals surface area contributed by atoms with Crippen molar-refractivity contribution in [1.29, 1.82) is 0 Å². The van der Waals surface area contributed by atoms with Crippen molar-refractivity contribution in [3.8, 4) is 17.4 Å². The number of para-hydroxylation sites is 1. The van der Waals surface area contributed by atoms with Gasteiger partial charge < -0.3 is 10.5 Å². The topological polar surface area (TPSA) is 66.0 Å². The Hall–Kier alpha value is -2.96. The van der Waals surface area contributed by atoms with Crippen molar-refractivity contribution in [3.63, 3.8) is 0 Å². The molecule has 21 heavy (non-hydrogen) atoms. The molecular formula is C14H10F2N4O. The predicted octanol–water partition coefficient (Wildman–Crippen LogP) is 2.92. The first kappa shape index (κ1) is 13.0. The summed E-state index contributed by atoms with van der Waals surface area (Å²) in [7, 11) is 0. The lowest BCUT2D eigenvalue weighted by molar-refractivity contribution is 0.382. The average molecular weight is 288 g/mol. The molecule has 1 aromatic heterocycles. The molecule has 1 heterocycles. The lowest BCUT2D eigenvalue weighted by Crippen LogP contribution is -1.98. The maximum absolute atomic E-state index is 13.6. The van der Waals surface area contributed by atoms with Gasteiger partial charge in [0.1, 0.15) is 6.33 Å². The molecule has 106 valence electrons. The lowest BCUT2D eigenvalue weighted by Gasteiger charge is -2.05. The minimum absolute atomic E-state index is 0.0277. The van der Waals surface area contributed by atoms with Gasteiger partial charge in [0.05, 0.1) is 5.69 Å². The maximum Gasteiger partial charge on any atom is 0.341 e. The van der Waals surface area contributed by atoms with Crippen LogP contribution in [0.4, 0.5) is 14.5 Å². The molecule has 0 fully saturated rings. The molecule has 0 aliphatic heterocycles. The van der Waals surface area contributed by atoms with E-state index in [9.17, 15) is 8.78 Å². The van der Waals surface area contributed by atoms with Crippen LogP contribution in [0.2, 0.25) is 0 Å². The highest BCUT2D eigenvalue weighted by Crippen LogP contribution is 2.27. The molecule has 0 radical (unpaired) electrons. The summed E-state index contributed by atoms with van der Waals surface area (Å²) in [6, 6.07) is 10.9. The van der Waals surface area contributed by atoms with Gasteiger partial charge in [0.15, 0.2) is 11.6 Å². The highest BCUT2D eigenvalue weighted by atomic mass is 19.1. The van der Waals surface area contributed by atoms with Crippen molar-refractivity contribution in [2.75, 3.05) is 5.73 Å². The zero-order valence-corrected chi connectivity index (χ0v) is 10.7. The number of halogens is 2. The number of hydrogen-bond acceptors (Lipinski definition) is 4. The second-order valence-corrected chi connectivity index (χ2v) is 4.22. The van der Waals surface area contributed by atoms with Crippen LogP contribution in [0, 0.1) is 11.6 Å². The van der Waals surface area contributed by atoms with Crippen LogP contribution in [0.15, 0.2) is 48.8 Å². The summed E-state index contributed by atoms with van der Waals surface area (Å²) in [5.41, 5.74) is 6.05. The Balaban J connectivity index is 1.89. The van der Waals surface area contributed by atoms with Gasteiger partial charge in [0.25, 0.3) is 0 Å². The molecule has 2 aromatic carbocycles. The van der Waals surface area contributed by atoms with Gasteiger partial charge in [-0.25, -0.2) is 13.5 Å². The number of hydrogen-bond donors (Lipinski definition) is 1. The molecule has 0 amide bonds. The number of benzene rings is 2. The Labute approximate surface area is 118 Å². The van der Waals surface area contributed by atoms with Crippen molar-refractivity contribution in [3.05, 3.63) is 60.4 Å². The average Bonchev–Trinajstić information content (AvgIpc) is 2.92. The lowest BCUT2D eigenvalue weighted by atomic mass is 10.3. The quantitative estimate of drug-likeness (QED) is 0.752. The molecule has 0 spiro atoms. The molecule has 7 heteroatoms. The molecule has 0 atom stereocenters. The molecular weight excluding hydrogens is 278 g/mol. The second kappa shape index (κ2) is 5.20. The molecule has 0 saturated heterocycles. The van der Waals surface area contributed by atoms with E-state index in [2.05, 4.69) is 10.1 Å². The highest BCUT2D eigenvalue weighted by Gasteiger charge is 2.15. The first-order valence-corrected chi connectivity index (χ1v) is 6.03. The van der Waals surface area contributed by atoms with Crippen LogP contribution in [0.25, 0.3) is 5.69 Å². The summed E-state index contributed by atoms with van der Waals surface area (Å²) in [5.74, 6) is -2.41. The third-order valence-corrected chi connectivity index (χ3v) is 2.71. The number of nitrogens with two attached hydrogens (primary N) is 1. The molecule has 2 N–H and O–H groups in total. The summed E-state index contributed by atoms with van der Waals surface area (Å²) >= 11 is 0. The molecule has 0 unspecified atom stereocenters. The van der Waals surface area contributed by atoms with E-state index in [1.165, 1.54) is 11.0 Å². The van der Waals surface area contributed by atoms with Gasteiger partial charge in [-0.1, -0.05) is 18.2 Å². The van der Waals surface area contributed by atoms with Crippen molar-refractivity contribution < 1.29 is 13.5 Å². The standard InChI is InChI=1S/C14H10F2N4O/c15-11-6-9(17)7-12(16)13(11)21-14-18-8-20(19-14)10-4-2-1-3-5-10/h1-8H,17H2. The van der Waals surface area contributed by atoms with Crippen LogP contribution >= 0.6 is 0 Å². The normalized spacial score (nSPS) is 10.6. The monoisotopic (exact) mass is 288 g/mol. The number of ether oxygens (including phenoxy) is 1. The van der Waals surface area contributed by atoms with Crippen LogP contribution in [0.5, 0.6) is 11.8 Å². The number of rotatable bonds is 3. The summed E-state index contributed by atoms with van der Waals surface area (Å²) < 4.78 is 33.7. The van der Waals surface area contributed by atoms with Crippen LogP contribution in [-0.4, -0.2) is 14.8 Å². The Morgan fingerprint density at radius 2 is 1.71 bits per heavy atom. The van der Waals surface area contributed by atoms with Crippen LogP contribution in [-0.2, 0) is 0 Å². The Morgan fingerprint density at radius 3 is 2.38 bits per heavy atom.